The number of carbonyl (C=O) groups is 1. The lowest BCUT2D eigenvalue weighted by Gasteiger charge is -2.08. The van der Waals surface area contributed by atoms with E-state index in [1.54, 1.807) is 25.1 Å². The van der Waals surface area contributed by atoms with Crippen LogP contribution in [0.3, 0.4) is 0 Å². The number of alkyl halides is 3. The van der Waals surface area contributed by atoms with Crippen LogP contribution in [-0.4, -0.2) is 40.2 Å². The Labute approximate surface area is 173 Å². The molecule has 8 nitrogen and oxygen atoms in total. The fraction of sp³-hybridized carbons (Fsp3) is 0.200. The van der Waals surface area contributed by atoms with E-state index < -0.39 is 18.9 Å². The van der Waals surface area contributed by atoms with Gasteiger partial charge in [0.15, 0.2) is 5.82 Å². The van der Waals surface area contributed by atoms with Gasteiger partial charge in [-0.1, -0.05) is 6.07 Å². The fourth-order valence-corrected chi connectivity index (χ4v) is 2.85. The summed E-state index contributed by atoms with van der Waals surface area (Å²) in [6, 6.07) is 9.83. The molecule has 3 aromatic rings. The quantitative estimate of drug-likeness (QED) is 0.583. The van der Waals surface area contributed by atoms with Crippen molar-refractivity contribution in [2.24, 2.45) is 0 Å². The van der Waals surface area contributed by atoms with Gasteiger partial charge in [-0.3, -0.25) is 19.4 Å². The van der Waals surface area contributed by atoms with Crippen LogP contribution in [0.1, 0.15) is 21.5 Å². The van der Waals surface area contributed by atoms with Crippen molar-refractivity contribution in [3.05, 3.63) is 69.8 Å². The summed E-state index contributed by atoms with van der Waals surface area (Å²) in [5.74, 6) is -0.406. The Kier molecular flexibility index (Phi) is 6.22. The number of hydrogen-bond donors (Lipinski definition) is 2. The lowest BCUT2D eigenvalue weighted by molar-refractivity contribution is -0.323. The predicted octanol–water partition coefficient (Wildman–Crippen LogP) is 2.67. The van der Waals surface area contributed by atoms with E-state index in [9.17, 15) is 22.8 Å². The molecule has 1 aromatic carbocycles. The first-order chi connectivity index (χ1) is 14.7. The topological polar surface area (TPSA) is 113 Å². The standard InChI is InChI=1S/C20H16F3N5O3/c1-12-8-13(9-24)2-4-15(12)16-11-27-28(19(16)30)17-5-3-14(10-26-17)18(29)25-6-7-31-20(21,22)23/h2-5,8,10-11,27H,6-7H2,1H3,(H,25,29). The van der Waals surface area contributed by atoms with Crippen LogP contribution >= 0.6 is 0 Å². The molecule has 0 unspecified atom stereocenters. The maximum atomic E-state index is 12.8. The zero-order valence-electron chi connectivity index (χ0n) is 16.2. The molecule has 2 heterocycles. The number of hydrogen-bond acceptors (Lipinski definition) is 5. The third-order valence-electron chi connectivity index (χ3n) is 4.31. The van der Waals surface area contributed by atoms with Crippen molar-refractivity contribution in [3.8, 4) is 23.0 Å². The summed E-state index contributed by atoms with van der Waals surface area (Å²) in [5, 5.41) is 14.1. The smallest absolute Gasteiger partial charge is 0.350 e. The summed E-state index contributed by atoms with van der Waals surface area (Å²) in [6.45, 7) is 0.748. The number of aromatic amines is 1. The summed E-state index contributed by atoms with van der Waals surface area (Å²) >= 11 is 0. The SMILES string of the molecule is Cc1cc(C#N)ccc1-c1c[nH]n(-c2ccc(C(=O)NCCOC(F)(F)F)cn2)c1=O. The minimum Gasteiger partial charge on any atom is -0.350 e. The average molecular weight is 431 g/mol. The molecule has 11 heteroatoms. The molecule has 0 saturated carbocycles. The van der Waals surface area contributed by atoms with Gasteiger partial charge in [0.05, 0.1) is 29.4 Å². The molecule has 0 spiro atoms. The first-order valence-electron chi connectivity index (χ1n) is 8.96. The van der Waals surface area contributed by atoms with E-state index in [-0.39, 0.29) is 23.5 Å². The van der Waals surface area contributed by atoms with Crippen LogP contribution in [0.25, 0.3) is 16.9 Å². The van der Waals surface area contributed by atoms with Gasteiger partial charge in [-0.25, -0.2) is 9.67 Å². The highest BCUT2D eigenvalue weighted by Gasteiger charge is 2.28. The lowest BCUT2D eigenvalue weighted by Crippen LogP contribution is -2.29. The molecular weight excluding hydrogens is 415 g/mol. The van der Waals surface area contributed by atoms with Crippen LogP contribution in [0.2, 0.25) is 0 Å². The van der Waals surface area contributed by atoms with E-state index in [1.807, 2.05) is 6.07 Å². The van der Waals surface area contributed by atoms with Gasteiger partial charge in [-0.2, -0.15) is 5.26 Å². The number of pyridine rings is 1. The van der Waals surface area contributed by atoms with Gasteiger partial charge in [-0.05, 0) is 42.3 Å². The van der Waals surface area contributed by atoms with Gasteiger partial charge < -0.3 is 5.32 Å². The Bertz CT molecular complexity index is 1190. The van der Waals surface area contributed by atoms with E-state index in [0.29, 0.717) is 16.7 Å². The van der Waals surface area contributed by atoms with E-state index in [1.165, 1.54) is 29.2 Å². The largest absolute Gasteiger partial charge is 0.522 e. The average Bonchev–Trinajstić information content (AvgIpc) is 3.11. The third kappa shape index (κ3) is 5.18. The molecular formula is C20H16F3N5O3. The molecule has 0 aliphatic heterocycles. The van der Waals surface area contributed by atoms with Crippen LogP contribution in [0.5, 0.6) is 0 Å². The second-order valence-electron chi connectivity index (χ2n) is 6.42. The molecule has 0 aliphatic carbocycles. The number of H-pyrrole nitrogens is 1. The van der Waals surface area contributed by atoms with E-state index in [2.05, 4.69) is 20.1 Å². The van der Waals surface area contributed by atoms with Crippen molar-refractivity contribution in [2.45, 2.75) is 13.3 Å². The minimum absolute atomic E-state index is 0.110. The molecule has 0 radical (unpaired) electrons. The van der Waals surface area contributed by atoms with Crippen molar-refractivity contribution < 1.29 is 22.7 Å². The van der Waals surface area contributed by atoms with Crippen molar-refractivity contribution in [1.82, 2.24) is 20.1 Å². The summed E-state index contributed by atoms with van der Waals surface area (Å²) < 4.78 is 40.5. The number of amides is 1. The van der Waals surface area contributed by atoms with Crippen LogP contribution in [0.15, 0.2) is 47.5 Å². The molecule has 0 bridgehead atoms. The summed E-state index contributed by atoms with van der Waals surface area (Å²) in [7, 11) is 0. The van der Waals surface area contributed by atoms with Crippen LogP contribution in [-0.2, 0) is 4.74 Å². The number of nitrogens with zero attached hydrogens (tertiary/aromatic N) is 3. The first kappa shape index (κ1) is 21.8. The van der Waals surface area contributed by atoms with Crippen molar-refractivity contribution in [1.29, 1.82) is 5.26 Å². The second-order valence-corrected chi connectivity index (χ2v) is 6.42. The number of halogens is 3. The number of ether oxygens (including phenoxy) is 1. The van der Waals surface area contributed by atoms with Gasteiger partial charge >= 0.3 is 6.36 Å². The molecule has 2 N–H and O–H groups in total. The number of nitriles is 1. The Morgan fingerprint density at radius 3 is 2.68 bits per heavy atom. The molecule has 160 valence electrons. The molecule has 3 rings (SSSR count). The minimum atomic E-state index is -4.76. The number of aromatic nitrogens is 3. The van der Waals surface area contributed by atoms with Crippen LogP contribution in [0, 0.1) is 18.3 Å². The Hall–Kier alpha value is -3.91. The second kappa shape index (κ2) is 8.85. The number of benzene rings is 1. The summed E-state index contributed by atoms with van der Waals surface area (Å²) in [4.78, 5) is 28.8. The number of aryl methyl sites for hydroxylation is 1. The third-order valence-corrected chi connectivity index (χ3v) is 4.31. The highest BCUT2D eigenvalue weighted by molar-refractivity contribution is 5.93. The Balaban J connectivity index is 1.73. The molecule has 0 fully saturated rings. The van der Waals surface area contributed by atoms with Crippen molar-refractivity contribution in [2.75, 3.05) is 13.2 Å². The summed E-state index contributed by atoms with van der Waals surface area (Å²) in [5.41, 5.74) is 2.03. The number of rotatable bonds is 6. The van der Waals surface area contributed by atoms with Gasteiger partial charge in [0.2, 0.25) is 0 Å². The molecule has 0 atom stereocenters. The molecule has 0 aliphatic rings. The van der Waals surface area contributed by atoms with Gasteiger partial charge in [0, 0.05) is 18.9 Å². The molecule has 2 aromatic heterocycles. The van der Waals surface area contributed by atoms with Crippen LogP contribution in [0.4, 0.5) is 13.2 Å². The predicted molar refractivity (Wildman–Crippen MR) is 103 cm³/mol. The van der Waals surface area contributed by atoms with E-state index >= 15 is 0 Å². The maximum Gasteiger partial charge on any atom is 0.522 e. The monoisotopic (exact) mass is 431 g/mol. The van der Waals surface area contributed by atoms with Gasteiger partial charge in [0.1, 0.15) is 0 Å². The van der Waals surface area contributed by atoms with Gasteiger partial charge in [-0.15, -0.1) is 13.2 Å². The van der Waals surface area contributed by atoms with Gasteiger partial charge in [0.25, 0.3) is 11.5 Å². The highest BCUT2D eigenvalue weighted by atomic mass is 19.4. The maximum absolute atomic E-state index is 12.8. The number of carbonyl (C=O) groups excluding carboxylic acids is 1. The first-order valence-corrected chi connectivity index (χ1v) is 8.96. The van der Waals surface area contributed by atoms with Crippen molar-refractivity contribution >= 4 is 5.91 Å². The van der Waals surface area contributed by atoms with E-state index in [4.69, 9.17) is 5.26 Å². The number of nitrogens with one attached hydrogen (secondary N) is 2. The molecule has 31 heavy (non-hydrogen) atoms. The van der Waals surface area contributed by atoms with Crippen molar-refractivity contribution in [3.63, 3.8) is 0 Å². The molecule has 1 amide bonds. The summed E-state index contributed by atoms with van der Waals surface area (Å²) in [6.07, 6.45) is -2.04. The highest BCUT2D eigenvalue weighted by Crippen LogP contribution is 2.21. The molecule has 0 saturated heterocycles. The zero-order chi connectivity index (χ0) is 22.6. The fourth-order valence-electron chi connectivity index (χ4n) is 2.85. The van der Waals surface area contributed by atoms with E-state index in [0.717, 1.165) is 5.56 Å². The Morgan fingerprint density at radius 1 is 1.29 bits per heavy atom. The van der Waals surface area contributed by atoms with Crippen LogP contribution < -0.4 is 10.9 Å². The lowest BCUT2D eigenvalue weighted by atomic mass is 10.0. The Morgan fingerprint density at radius 2 is 2.06 bits per heavy atom. The normalized spacial score (nSPS) is 11.2. The zero-order valence-corrected chi connectivity index (χ0v) is 16.2.